The first-order chi connectivity index (χ1) is 5.43. The van der Waals surface area contributed by atoms with Crippen molar-refractivity contribution in [1.82, 2.24) is 0 Å². The van der Waals surface area contributed by atoms with Crippen LogP contribution in [-0.4, -0.2) is 24.0 Å². The minimum Gasteiger partial charge on any atom is -0.477 e. The fourth-order valence-electron chi connectivity index (χ4n) is 0.657. The third-order valence-corrected chi connectivity index (χ3v) is 3.03. The minimum atomic E-state index is -4.41. The van der Waals surface area contributed by atoms with Crippen LogP contribution in [0.1, 0.15) is 9.67 Å². The second kappa shape index (κ2) is 4.05. The maximum atomic E-state index is 10.5. The number of rotatable bonds is 2. The number of carbonyl (C=O) groups is 1. The van der Waals surface area contributed by atoms with Crippen LogP contribution < -0.4 is 0 Å². The van der Waals surface area contributed by atoms with Crippen LogP contribution in [0.25, 0.3) is 0 Å². The molecule has 1 heterocycles. The van der Waals surface area contributed by atoms with Crippen LogP contribution in [-0.2, 0) is 10.1 Å². The fourth-order valence-corrected chi connectivity index (χ4v) is 2.39. The van der Waals surface area contributed by atoms with Gasteiger partial charge < -0.3 is 5.11 Å². The zero-order valence-corrected chi connectivity index (χ0v) is 8.45. The van der Waals surface area contributed by atoms with Gasteiger partial charge in [0, 0.05) is 0 Å². The van der Waals surface area contributed by atoms with E-state index in [0.717, 1.165) is 17.4 Å². The maximum absolute atomic E-state index is 10.5. The summed E-state index contributed by atoms with van der Waals surface area (Å²) in [5, 5.41) is 9.74. The molecule has 0 spiro atoms. The summed E-state index contributed by atoms with van der Waals surface area (Å²) in [7, 11) is -4.41. The van der Waals surface area contributed by atoms with Gasteiger partial charge in [-0.15, -0.1) is 23.7 Å². The Kier molecular flexibility index (Phi) is 3.86. The van der Waals surface area contributed by atoms with E-state index in [1.807, 2.05) is 0 Å². The molecule has 0 aliphatic heterocycles. The molecule has 1 aromatic rings. The lowest BCUT2D eigenvalue weighted by Crippen LogP contribution is -2.03. The predicted molar refractivity (Wildman–Crippen MR) is 48.3 cm³/mol. The molecule has 0 fully saturated rings. The highest BCUT2D eigenvalue weighted by Crippen LogP contribution is 2.21. The number of halogens is 1. The van der Waals surface area contributed by atoms with Gasteiger partial charge in [0.2, 0.25) is 0 Å². The van der Waals surface area contributed by atoms with Crippen molar-refractivity contribution < 1.29 is 22.9 Å². The molecule has 0 bridgehead atoms. The first-order valence-corrected chi connectivity index (χ1v) is 5.03. The van der Waals surface area contributed by atoms with Gasteiger partial charge in [0.1, 0.15) is 9.77 Å². The lowest BCUT2D eigenvalue weighted by molar-refractivity contribution is 0.0698. The van der Waals surface area contributed by atoms with Gasteiger partial charge in [-0.25, -0.2) is 4.79 Å². The van der Waals surface area contributed by atoms with Crippen molar-refractivity contribution in [2.24, 2.45) is 0 Å². The van der Waals surface area contributed by atoms with E-state index in [-0.39, 0.29) is 17.3 Å². The van der Waals surface area contributed by atoms with E-state index in [4.69, 9.17) is 9.66 Å². The molecule has 0 atom stereocenters. The molecular weight excluding hydrogens is 240 g/mol. The Bertz CT molecular complexity index is 406. The minimum absolute atomic E-state index is 0. The molecule has 0 aliphatic rings. The van der Waals surface area contributed by atoms with Crippen LogP contribution in [0.3, 0.4) is 0 Å². The van der Waals surface area contributed by atoms with Crippen molar-refractivity contribution in [3.8, 4) is 0 Å². The van der Waals surface area contributed by atoms with Crippen LogP contribution >= 0.6 is 23.7 Å². The molecule has 0 saturated heterocycles. The summed E-state index contributed by atoms with van der Waals surface area (Å²) in [5.74, 6) is -1.36. The van der Waals surface area contributed by atoms with Crippen LogP contribution in [0.4, 0.5) is 0 Å². The number of thiophene rings is 1. The lowest BCUT2D eigenvalue weighted by Gasteiger charge is -1.93. The van der Waals surface area contributed by atoms with Gasteiger partial charge in [-0.2, -0.15) is 8.42 Å². The van der Waals surface area contributed by atoms with E-state index in [9.17, 15) is 13.2 Å². The number of hydrogen-bond acceptors (Lipinski definition) is 4. The number of hydrogen-bond donors (Lipinski definition) is 2. The van der Waals surface area contributed by atoms with Crippen LogP contribution in [0.15, 0.2) is 16.3 Å². The molecule has 8 heteroatoms. The highest BCUT2D eigenvalue weighted by atomic mass is 35.5. The van der Waals surface area contributed by atoms with Crippen molar-refractivity contribution in [3.05, 3.63) is 16.3 Å². The van der Waals surface area contributed by atoms with Crippen LogP contribution in [0, 0.1) is 0 Å². The van der Waals surface area contributed by atoms with E-state index in [0.29, 0.717) is 0 Å². The summed E-state index contributed by atoms with van der Waals surface area (Å²) in [6.07, 6.45) is 0. The Morgan fingerprint density at radius 2 is 2.00 bits per heavy atom. The second-order valence-corrected chi connectivity index (χ2v) is 4.20. The molecule has 74 valence electrons. The first-order valence-electron chi connectivity index (χ1n) is 2.71. The summed E-state index contributed by atoms with van der Waals surface area (Å²) in [6, 6.07) is 1.05. The lowest BCUT2D eigenvalue weighted by atomic mass is 10.5. The zero-order chi connectivity index (χ0) is 9.35. The van der Waals surface area contributed by atoms with Crippen molar-refractivity contribution in [2.75, 3.05) is 0 Å². The smallest absolute Gasteiger partial charge is 0.347 e. The first kappa shape index (κ1) is 12.4. The summed E-state index contributed by atoms with van der Waals surface area (Å²) in [5.41, 5.74) is 0. The highest BCUT2D eigenvalue weighted by Gasteiger charge is 2.20. The van der Waals surface area contributed by atoms with Crippen LogP contribution in [0.2, 0.25) is 0 Å². The quantitative estimate of drug-likeness (QED) is 0.761. The monoisotopic (exact) mass is 244 g/mol. The van der Waals surface area contributed by atoms with Gasteiger partial charge >= 0.3 is 5.97 Å². The van der Waals surface area contributed by atoms with E-state index in [2.05, 4.69) is 0 Å². The molecule has 0 aliphatic carbocycles. The Balaban J connectivity index is 0.00000144. The fraction of sp³-hybridized carbons (Fsp3) is 0. The van der Waals surface area contributed by atoms with E-state index >= 15 is 0 Å². The molecule has 0 aromatic carbocycles. The topological polar surface area (TPSA) is 91.7 Å². The summed E-state index contributed by atoms with van der Waals surface area (Å²) in [6.45, 7) is 0. The van der Waals surface area contributed by atoms with E-state index in [1.165, 1.54) is 5.38 Å². The van der Waals surface area contributed by atoms with E-state index < -0.39 is 21.0 Å². The van der Waals surface area contributed by atoms with Crippen molar-refractivity contribution >= 4 is 39.8 Å². The Morgan fingerprint density at radius 1 is 1.46 bits per heavy atom. The summed E-state index contributed by atoms with van der Waals surface area (Å²) in [4.78, 5) is 9.43. The Hall–Kier alpha value is -0.630. The second-order valence-electron chi connectivity index (χ2n) is 1.89. The number of aromatic carboxylic acids is 1. The highest BCUT2D eigenvalue weighted by molar-refractivity contribution is 7.86. The Labute approximate surface area is 84.2 Å². The molecule has 2 N–H and O–H groups in total. The van der Waals surface area contributed by atoms with E-state index in [1.54, 1.807) is 0 Å². The molecule has 5 nitrogen and oxygen atoms in total. The van der Waals surface area contributed by atoms with Crippen molar-refractivity contribution in [3.63, 3.8) is 0 Å². The standard InChI is InChI=1S/C5H4O5S2.ClH/c6-5(7)4-3(1-2-11-4)12(8,9)10;/h1-2H,(H,6,7)(H,8,9,10);1H. The van der Waals surface area contributed by atoms with Gasteiger partial charge in [-0.05, 0) is 11.4 Å². The third kappa shape index (κ3) is 2.66. The van der Waals surface area contributed by atoms with Crippen molar-refractivity contribution in [2.45, 2.75) is 4.90 Å². The molecule has 1 rings (SSSR count). The third-order valence-electron chi connectivity index (χ3n) is 1.10. The Morgan fingerprint density at radius 3 is 2.31 bits per heavy atom. The SMILES string of the molecule is Cl.O=C(O)c1sccc1S(=O)(=O)O. The summed E-state index contributed by atoms with van der Waals surface area (Å²) < 4.78 is 29.6. The number of carboxylic acid groups (broad SMARTS) is 1. The molecular formula is C5H5ClO5S2. The average molecular weight is 245 g/mol. The van der Waals surface area contributed by atoms with Gasteiger partial charge in [0.05, 0.1) is 0 Å². The van der Waals surface area contributed by atoms with Crippen molar-refractivity contribution in [1.29, 1.82) is 0 Å². The zero-order valence-electron chi connectivity index (χ0n) is 6.00. The molecule has 0 amide bonds. The van der Waals surface area contributed by atoms with Gasteiger partial charge in [0.15, 0.2) is 0 Å². The maximum Gasteiger partial charge on any atom is 0.347 e. The van der Waals surface area contributed by atoms with Gasteiger partial charge in [0.25, 0.3) is 10.1 Å². The average Bonchev–Trinajstić information content (AvgIpc) is 2.30. The largest absolute Gasteiger partial charge is 0.477 e. The van der Waals surface area contributed by atoms with Gasteiger partial charge in [-0.3, -0.25) is 4.55 Å². The summed E-state index contributed by atoms with van der Waals surface area (Å²) >= 11 is 0.746. The molecule has 0 unspecified atom stereocenters. The van der Waals surface area contributed by atoms with Crippen LogP contribution in [0.5, 0.6) is 0 Å². The molecule has 13 heavy (non-hydrogen) atoms. The van der Waals surface area contributed by atoms with Gasteiger partial charge in [-0.1, -0.05) is 0 Å². The molecule has 0 saturated carbocycles. The molecule has 0 radical (unpaired) electrons. The molecule has 1 aromatic heterocycles. The normalized spacial score (nSPS) is 10.5. The number of carboxylic acids is 1. The predicted octanol–water partition coefficient (Wildman–Crippen LogP) is 1.11.